The molecule has 1 saturated carbocycles. The van der Waals surface area contributed by atoms with Crippen LogP contribution in [0.25, 0.3) is 0 Å². The molecule has 2 bridgehead atoms. The summed E-state index contributed by atoms with van der Waals surface area (Å²) in [5, 5.41) is 0. The maximum atomic E-state index is 2.62. The van der Waals surface area contributed by atoms with Crippen molar-refractivity contribution >= 4 is 0 Å². The molecule has 0 spiro atoms. The predicted octanol–water partition coefficient (Wildman–Crippen LogP) is -0.654. The number of alkyl halides is 2. The van der Waals surface area contributed by atoms with Crippen LogP contribution in [0.4, 0.5) is 0 Å². The second-order valence-corrected chi connectivity index (χ2v) is 7.48. The zero-order valence-electron chi connectivity index (χ0n) is 7.65. The Morgan fingerprint density at radius 1 is 1.36 bits per heavy atom. The van der Waals surface area contributed by atoms with Gasteiger partial charge >= 0.3 is 80.4 Å². The molecule has 64 valence electrons. The molecule has 2 atom stereocenters. The van der Waals surface area contributed by atoms with Crippen LogP contribution in [0.1, 0.15) is 27.2 Å². The van der Waals surface area contributed by atoms with Crippen molar-refractivity contribution < 1.29 is 21.2 Å². The number of hydrogen-bond donors (Lipinski definition) is 0. The first kappa shape index (κ1) is 8.21. The van der Waals surface area contributed by atoms with Gasteiger partial charge in [0.1, 0.15) is 0 Å². The summed E-state index contributed by atoms with van der Waals surface area (Å²) in [5.74, 6) is 1.04. The summed E-state index contributed by atoms with van der Waals surface area (Å²) in [6.07, 6.45) is 4.02. The third-order valence-corrected chi connectivity index (χ3v) is 7.82. The molecular formula is C10H17I. The summed E-state index contributed by atoms with van der Waals surface area (Å²) in [5.41, 5.74) is 1.23. The Morgan fingerprint density at radius 2 is 2.09 bits per heavy atom. The Kier molecular flexibility index (Phi) is 1.72. The average Bonchev–Trinajstić information content (AvgIpc) is 2.17. The van der Waals surface area contributed by atoms with Gasteiger partial charge < -0.3 is 0 Å². The van der Waals surface area contributed by atoms with Crippen molar-refractivity contribution in [1.29, 1.82) is 0 Å². The van der Waals surface area contributed by atoms with E-state index in [1.807, 2.05) is 0 Å². The zero-order chi connectivity index (χ0) is 8.11. The van der Waals surface area contributed by atoms with Crippen LogP contribution < -0.4 is 21.2 Å². The molecule has 1 aliphatic heterocycles. The van der Waals surface area contributed by atoms with Crippen molar-refractivity contribution in [3.05, 3.63) is 6.42 Å². The number of halogens is 1. The molecule has 0 radical (unpaired) electrons. The van der Waals surface area contributed by atoms with E-state index in [1.54, 1.807) is 4.43 Å². The van der Waals surface area contributed by atoms with Gasteiger partial charge in [-0.1, -0.05) is 0 Å². The first-order valence-corrected chi connectivity index (χ1v) is 7.49. The molecule has 1 heterocycles. The van der Waals surface area contributed by atoms with Crippen molar-refractivity contribution in [2.45, 2.75) is 27.2 Å². The molecule has 2 rings (SSSR count). The van der Waals surface area contributed by atoms with Crippen LogP contribution in [0.3, 0.4) is 0 Å². The fourth-order valence-corrected chi connectivity index (χ4v) is 7.23. The summed E-state index contributed by atoms with van der Waals surface area (Å²) in [6.45, 7) is 7.43. The van der Waals surface area contributed by atoms with Crippen LogP contribution in [0.15, 0.2) is 0 Å². The SMILES string of the molecule is CC1(C)[C@@H]2C[CH+][C@@]1(C)C[I-]C2. The molecular weight excluding hydrogens is 247 g/mol. The van der Waals surface area contributed by atoms with Crippen LogP contribution in [-0.2, 0) is 0 Å². The normalized spacial score (nSPS) is 47.7. The molecule has 1 saturated heterocycles. The Bertz CT molecular complexity index is 167. The second-order valence-electron chi connectivity index (χ2n) is 4.75. The summed E-state index contributed by atoms with van der Waals surface area (Å²) in [6, 6.07) is 0. The van der Waals surface area contributed by atoms with E-state index in [1.165, 1.54) is 10.8 Å². The Hall–Kier alpha value is 0.600. The molecule has 0 aromatic rings. The van der Waals surface area contributed by atoms with Crippen molar-refractivity contribution in [2.24, 2.45) is 16.7 Å². The van der Waals surface area contributed by atoms with E-state index < -0.39 is 0 Å². The van der Waals surface area contributed by atoms with Crippen LogP contribution in [0.5, 0.6) is 0 Å². The molecule has 0 aromatic carbocycles. The maximum absolute atomic E-state index is 2.62. The summed E-state index contributed by atoms with van der Waals surface area (Å²) in [4.78, 5) is 0. The van der Waals surface area contributed by atoms with Gasteiger partial charge in [0.15, 0.2) is 0 Å². The summed E-state index contributed by atoms with van der Waals surface area (Å²) < 4.78 is 3.12. The van der Waals surface area contributed by atoms with E-state index in [2.05, 4.69) is 27.2 Å². The molecule has 0 aromatic heterocycles. The third-order valence-electron chi connectivity index (χ3n) is 4.01. The first-order valence-electron chi connectivity index (χ1n) is 4.44. The molecule has 0 nitrogen and oxygen atoms in total. The standard InChI is InChI=1S/C10H17I/c1-9(2)8-4-5-10(9,3)7-11-6-8/h5,8H,4,6-7H2,1-3H3/t8-,10+/m1/s1. The van der Waals surface area contributed by atoms with E-state index in [4.69, 9.17) is 0 Å². The van der Waals surface area contributed by atoms with Gasteiger partial charge in [-0.2, -0.15) is 0 Å². The average molecular weight is 264 g/mol. The molecule has 2 fully saturated rings. The zero-order valence-corrected chi connectivity index (χ0v) is 9.81. The molecule has 0 unspecified atom stereocenters. The van der Waals surface area contributed by atoms with Gasteiger partial charge in [-0.15, -0.1) is 0 Å². The van der Waals surface area contributed by atoms with E-state index in [0.717, 1.165) is 5.92 Å². The molecule has 1 aliphatic carbocycles. The Balaban J connectivity index is 2.33. The van der Waals surface area contributed by atoms with Crippen molar-refractivity contribution in [3.8, 4) is 0 Å². The van der Waals surface area contributed by atoms with Gasteiger partial charge in [0.2, 0.25) is 0 Å². The van der Waals surface area contributed by atoms with Gasteiger partial charge in [-0.3, -0.25) is 0 Å². The van der Waals surface area contributed by atoms with E-state index in [9.17, 15) is 0 Å². The predicted molar refractivity (Wildman–Crippen MR) is 44.0 cm³/mol. The third kappa shape index (κ3) is 0.958. The van der Waals surface area contributed by atoms with Crippen LogP contribution in [-0.4, -0.2) is 8.86 Å². The Labute approximate surface area is 80.4 Å². The van der Waals surface area contributed by atoms with E-state index in [-0.39, 0.29) is 0 Å². The van der Waals surface area contributed by atoms with Gasteiger partial charge in [-0.05, 0) is 0 Å². The van der Waals surface area contributed by atoms with Crippen molar-refractivity contribution in [1.82, 2.24) is 0 Å². The second kappa shape index (κ2) is 2.30. The van der Waals surface area contributed by atoms with Gasteiger partial charge in [-0.25, -0.2) is 0 Å². The Morgan fingerprint density at radius 3 is 2.64 bits per heavy atom. The number of rotatable bonds is 0. The van der Waals surface area contributed by atoms with Crippen molar-refractivity contribution in [2.75, 3.05) is 8.86 Å². The molecule has 0 amide bonds. The minimum absolute atomic E-state index is 0.556. The molecule has 0 N–H and O–H groups in total. The van der Waals surface area contributed by atoms with Gasteiger partial charge in [0.25, 0.3) is 0 Å². The first-order chi connectivity index (χ1) is 5.06. The van der Waals surface area contributed by atoms with E-state index in [0.29, 0.717) is 32.0 Å². The van der Waals surface area contributed by atoms with E-state index >= 15 is 0 Å². The van der Waals surface area contributed by atoms with Gasteiger partial charge in [0, 0.05) is 0 Å². The molecule has 11 heavy (non-hydrogen) atoms. The molecule has 2 aliphatic rings. The summed E-state index contributed by atoms with van der Waals surface area (Å²) in [7, 11) is 0. The van der Waals surface area contributed by atoms with Crippen LogP contribution in [0, 0.1) is 23.2 Å². The number of fused-ring (bicyclic) bond motifs is 2. The summed E-state index contributed by atoms with van der Waals surface area (Å²) >= 11 is 0.556. The molecule has 1 heteroatoms. The minimum atomic E-state index is 0.556. The fraction of sp³-hybridized carbons (Fsp3) is 0.900. The topological polar surface area (TPSA) is 0 Å². The van der Waals surface area contributed by atoms with Crippen LogP contribution in [0.2, 0.25) is 0 Å². The number of hydrogen-bond acceptors (Lipinski definition) is 0. The fourth-order valence-electron chi connectivity index (χ4n) is 2.29. The monoisotopic (exact) mass is 264 g/mol. The van der Waals surface area contributed by atoms with Gasteiger partial charge in [0.05, 0.1) is 0 Å². The quantitative estimate of drug-likeness (QED) is 0.310. The van der Waals surface area contributed by atoms with Crippen LogP contribution >= 0.6 is 0 Å². The van der Waals surface area contributed by atoms with Crippen molar-refractivity contribution in [3.63, 3.8) is 0 Å².